The minimum Gasteiger partial charge on any atom is -0.311 e. The van der Waals surface area contributed by atoms with Gasteiger partial charge in [-0.05, 0) is 48.9 Å². The molecule has 3 rings (SSSR count). The molecule has 1 heterocycles. The number of amides is 3. The Morgan fingerprint density at radius 1 is 1.08 bits per heavy atom. The summed E-state index contributed by atoms with van der Waals surface area (Å²) in [6.07, 6.45) is 1.34. The zero-order chi connectivity index (χ0) is 17.1. The molecule has 0 unspecified atom stereocenters. The number of nitrogens with one attached hydrogen (secondary N) is 2. The fourth-order valence-corrected chi connectivity index (χ4v) is 2.82. The van der Waals surface area contributed by atoms with E-state index in [0.29, 0.717) is 35.1 Å². The standard InChI is InChI=1S/C17H15ClFN3O2/c18-14-10-13(7-8-15(14)22-9-1-2-16(22)23)21-17(24)20-12-5-3-11(19)4-6-12/h3-8,10H,1-2,9H2,(H2,20,21,24). The lowest BCUT2D eigenvalue weighted by Crippen LogP contribution is -2.24. The molecule has 0 radical (unpaired) electrons. The summed E-state index contributed by atoms with van der Waals surface area (Å²) < 4.78 is 12.8. The van der Waals surface area contributed by atoms with Gasteiger partial charge in [0.25, 0.3) is 0 Å². The van der Waals surface area contributed by atoms with E-state index in [4.69, 9.17) is 11.6 Å². The lowest BCUT2D eigenvalue weighted by atomic mass is 10.2. The lowest BCUT2D eigenvalue weighted by Gasteiger charge is -2.18. The van der Waals surface area contributed by atoms with E-state index in [9.17, 15) is 14.0 Å². The Morgan fingerprint density at radius 2 is 1.75 bits per heavy atom. The molecule has 0 atom stereocenters. The molecule has 0 aromatic heterocycles. The fourth-order valence-electron chi connectivity index (χ4n) is 2.53. The first-order chi connectivity index (χ1) is 11.5. The van der Waals surface area contributed by atoms with Gasteiger partial charge >= 0.3 is 6.03 Å². The highest BCUT2D eigenvalue weighted by atomic mass is 35.5. The van der Waals surface area contributed by atoms with E-state index in [0.717, 1.165) is 6.42 Å². The minimum absolute atomic E-state index is 0.0478. The molecule has 0 aliphatic carbocycles. The molecule has 1 aliphatic heterocycles. The van der Waals surface area contributed by atoms with Crippen molar-refractivity contribution in [1.82, 2.24) is 0 Å². The van der Waals surface area contributed by atoms with E-state index >= 15 is 0 Å². The van der Waals surface area contributed by atoms with Crippen LogP contribution in [-0.4, -0.2) is 18.5 Å². The highest BCUT2D eigenvalue weighted by molar-refractivity contribution is 6.34. The maximum Gasteiger partial charge on any atom is 0.323 e. The van der Waals surface area contributed by atoms with E-state index in [1.165, 1.54) is 24.3 Å². The van der Waals surface area contributed by atoms with Crippen LogP contribution in [0.15, 0.2) is 42.5 Å². The van der Waals surface area contributed by atoms with Gasteiger partial charge < -0.3 is 15.5 Å². The van der Waals surface area contributed by atoms with Gasteiger partial charge in [0.1, 0.15) is 5.82 Å². The second-order valence-corrected chi connectivity index (χ2v) is 5.81. The molecule has 1 aliphatic rings. The first kappa shape index (κ1) is 16.3. The summed E-state index contributed by atoms with van der Waals surface area (Å²) >= 11 is 6.23. The lowest BCUT2D eigenvalue weighted by molar-refractivity contribution is -0.117. The van der Waals surface area contributed by atoms with E-state index in [-0.39, 0.29) is 11.7 Å². The van der Waals surface area contributed by atoms with Gasteiger partial charge in [0.15, 0.2) is 0 Å². The minimum atomic E-state index is -0.470. The monoisotopic (exact) mass is 347 g/mol. The van der Waals surface area contributed by atoms with Crippen LogP contribution in [0.1, 0.15) is 12.8 Å². The predicted octanol–water partition coefficient (Wildman–Crippen LogP) is 4.25. The van der Waals surface area contributed by atoms with Crippen molar-refractivity contribution < 1.29 is 14.0 Å². The van der Waals surface area contributed by atoms with Gasteiger partial charge in [0, 0.05) is 24.3 Å². The van der Waals surface area contributed by atoms with Crippen LogP contribution in [0, 0.1) is 5.82 Å². The van der Waals surface area contributed by atoms with Gasteiger partial charge in [0.05, 0.1) is 10.7 Å². The summed E-state index contributed by atoms with van der Waals surface area (Å²) in [5.74, 6) is -0.327. The van der Waals surface area contributed by atoms with Crippen molar-refractivity contribution in [2.75, 3.05) is 22.1 Å². The molecule has 2 N–H and O–H groups in total. The number of carbonyl (C=O) groups is 2. The maximum absolute atomic E-state index is 12.8. The summed E-state index contributed by atoms with van der Waals surface area (Å²) in [6, 6.07) is 9.95. The number of nitrogens with zero attached hydrogens (tertiary/aromatic N) is 1. The summed E-state index contributed by atoms with van der Waals surface area (Å²) in [7, 11) is 0. The van der Waals surface area contributed by atoms with Gasteiger partial charge in [0.2, 0.25) is 5.91 Å². The Bertz CT molecular complexity index is 780. The SMILES string of the molecule is O=C(Nc1ccc(F)cc1)Nc1ccc(N2CCCC2=O)c(Cl)c1. The number of anilines is 3. The van der Waals surface area contributed by atoms with Gasteiger partial charge in [-0.3, -0.25) is 4.79 Å². The molecule has 1 saturated heterocycles. The van der Waals surface area contributed by atoms with Crippen molar-refractivity contribution in [3.63, 3.8) is 0 Å². The van der Waals surface area contributed by atoms with E-state index < -0.39 is 6.03 Å². The Kier molecular flexibility index (Phi) is 4.66. The highest BCUT2D eigenvalue weighted by Gasteiger charge is 2.23. The molecule has 5 nitrogen and oxygen atoms in total. The molecular weight excluding hydrogens is 333 g/mol. The number of hydrogen-bond donors (Lipinski definition) is 2. The van der Waals surface area contributed by atoms with E-state index in [1.54, 1.807) is 23.1 Å². The molecule has 124 valence electrons. The van der Waals surface area contributed by atoms with Crippen LogP contribution in [0.5, 0.6) is 0 Å². The Hall–Kier alpha value is -2.60. The molecular formula is C17H15ClFN3O2. The van der Waals surface area contributed by atoms with Crippen molar-refractivity contribution in [3.05, 3.63) is 53.3 Å². The molecule has 24 heavy (non-hydrogen) atoms. The Balaban J connectivity index is 1.67. The molecule has 2 aromatic carbocycles. The van der Waals surface area contributed by atoms with Gasteiger partial charge in [-0.2, -0.15) is 0 Å². The average molecular weight is 348 g/mol. The smallest absolute Gasteiger partial charge is 0.311 e. The summed E-state index contributed by atoms with van der Waals surface area (Å²) in [5.41, 5.74) is 1.61. The molecule has 7 heteroatoms. The third-order valence-corrected chi connectivity index (χ3v) is 3.97. The topological polar surface area (TPSA) is 61.4 Å². The Labute approximate surface area is 143 Å². The van der Waals surface area contributed by atoms with Gasteiger partial charge in [-0.25, -0.2) is 9.18 Å². The molecule has 0 spiro atoms. The van der Waals surface area contributed by atoms with Crippen LogP contribution in [0.4, 0.5) is 26.2 Å². The number of halogens is 2. The molecule has 0 saturated carbocycles. The highest BCUT2D eigenvalue weighted by Crippen LogP contribution is 2.31. The largest absolute Gasteiger partial charge is 0.323 e. The van der Waals surface area contributed by atoms with Gasteiger partial charge in [-0.15, -0.1) is 0 Å². The normalized spacial score (nSPS) is 13.9. The number of carbonyl (C=O) groups excluding carboxylic acids is 2. The zero-order valence-corrected chi connectivity index (χ0v) is 13.4. The van der Waals surface area contributed by atoms with Gasteiger partial charge in [-0.1, -0.05) is 11.6 Å². The molecule has 3 amide bonds. The molecule has 1 fully saturated rings. The number of hydrogen-bond acceptors (Lipinski definition) is 2. The quantitative estimate of drug-likeness (QED) is 0.871. The van der Waals surface area contributed by atoms with Crippen molar-refractivity contribution in [2.24, 2.45) is 0 Å². The number of benzene rings is 2. The van der Waals surface area contributed by atoms with Crippen molar-refractivity contribution in [1.29, 1.82) is 0 Å². The second-order valence-electron chi connectivity index (χ2n) is 5.40. The summed E-state index contributed by atoms with van der Waals surface area (Å²) in [5, 5.41) is 5.63. The molecule has 2 aromatic rings. The fraction of sp³-hybridized carbons (Fsp3) is 0.176. The van der Waals surface area contributed by atoms with Crippen molar-refractivity contribution in [3.8, 4) is 0 Å². The van der Waals surface area contributed by atoms with Crippen LogP contribution in [-0.2, 0) is 4.79 Å². The van der Waals surface area contributed by atoms with E-state index in [2.05, 4.69) is 10.6 Å². The zero-order valence-electron chi connectivity index (χ0n) is 12.7. The number of rotatable bonds is 3. The third kappa shape index (κ3) is 3.65. The predicted molar refractivity (Wildman–Crippen MR) is 92.1 cm³/mol. The number of urea groups is 1. The third-order valence-electron chi connectivity index (χ3n) is 3.67. The van der Waals surface area contributed by atoms with Crippen LogP contribution in [0.2, 0.25) is 5.02 Å². The first-order valence-electron chi connectivity index (χ1n) is 7.46. The van der Waals surface area contributed by atoms with Crippen LogP contribution in [0.25, 0.3) is 0 Å². The first-order valence-corrected chi connectivity index (χ1v) is 7.84. The maximum atomic E-state index is 12.8. The van der Waals surface area contributed by atoms with Crippen molar-refractivity contribution >= 4 is 40.6 Å². The summed E-state index contributed by atoms with van der Waals surface area (Å²) in [4.78, 5) is 25.4. The van der Waals surface area contributed by atoms with E-state index in [1.807, 2.05) is 0 Å². The summed E-state index contributed by atoms with van der Waals surface area (Å²) in [6.45, 7) is 0.649. The van der Waals surface area contributed by atoms with Crippen LogP contribution in [0.3, 0.4) is 0 Å². The Morgan fingerprint density at radius 3 is 2.38 bits per heavy atom. The van der Waals surface area contributed by atoms with Crippen LogP contribution < -0.4 is 15.5 Å². The molecule has 0 bridgehead atoms. The second kappa shape index (κ2) is 6.88. The van der Waals surface area contributed by atoms with Crippen molar-refractivity contribution in [2.45, 2.75) is 12.8 Å². The van der Waals surface area contributed by atoms with Crippen LogP contribution >= 0.6 is 11.6 Å². The average Bonchev–Trinajstić information content (AvgIpc) is 2.96.